The van der Waals surface area contributed by atoms with Crippen molar-refractivity contribution < 1.29 is 0 Å². The van der Waals surface area contributed by atoms with E-state index < -0.39 is 0 Å². The number of thiophene rings is 2. The second-order valence-electron chi connectivity index (χ2n) is 3.10. The summed E-state index contributed by atoms with van der Waals surface area (Å²) in [7, 11) is 0. The second-order valence-corrected chi connectivity index (χ2v) is 4.74. The van der Waals surface area contributed by atoms with Gasteiger partial charge < -0.3 is 5.73 Å². The molecular formula is C10H7N3S2. The zero-order chi connectivity index (χ0) is 10.3. The Hall–Kier alpha value is -1.46. The molecule has 0 aliphatic rings. The summed E-state index contributed by atoms with van der Waals surface area (Å²) in [6.45, 7) is 0. The van der Waals surface area contributed by atoms with Crippen LogP contribution >= 0.6 is 22.7 Å². The highest BCUT2D eigenvalue weighted by molar-refractivity contribution is 7.17. The van der Waals surface area contributed by atoms with Crippen molar-refractivity contribution in [1.82, 2.24) is 9.97 Å². The second kappa shape index (κ2) is 3.29. The standard InChI is InChI=1S/C10H7N3S2/c11-9-8-7(6-1-2-14-3-6)4-15-10(8)13-5-12-9/h1-5H,(H2,11,12,13). The Kier molecular flexibility index (Phi) is 1.93. The van der Waals surface area contributed by atoms with Crippen LogP contribution in [0.15, 0.2) is 28.5 Å². The van der Waals surface area contributed by atoms with E-state index in [0.717, 1.165) is 15.8 Å². The van der Waals surface area contributed by atoms with E-state index >= 15 is 0 Å². The van der Waals surface area contributed by atoms with Gasteiger partial charge in [0.05, 0.1) is 5.39 Å². The minimum absolute atomic E-state index is 0.558. The monoisotopic (exact) mass is 233 g/mol. The van der Waals surface area contributed by atoms with Crippen LogP contribution in [0, 0.1) is 0 Å². The summed E-state index contributed by atoms with van der Waals surface area (Å²) in [6.07, 6.45) is 1.51. The maximum absolute atomic E-state index is 5.87. The number of anilines is 1. The van der Waals surface area contributed by atoms with Gasteiger partial charge in [0.25, 0.3) is 0 Å². The van der Waals surface area contributed by atoms with Crippen LogP contribution in [-0.4, -0.2) is 9.97 Å². The van der Waals surface area contributed by atoms with Crippen LogP contribution in [0.2, 0.25) is 0 Å². The van der Waals surface area contributed by atoms with Crippen LogP contribution in [0.1, 0.15) is 0 Å². The topological polar surface area (TPSA) is 51.8 Å². The van der Waals surface area contributed by atoms with E-state index in [0.29, 0.717) is 5.82 Å². The molecule has 15 heavy (non-hydrogen) atoms. The normalized spacial score (nSPS) is 10.9. The Balaban J connectivity index is 2.37. The van der Waals surface area contributed by atoms with Gasteiger partial charge in [0.1, 0.15) is 17.0 Å². The summed E-state index contributed by atoms with van der Waals surface area (Å²) >= 11 is 3.28. The predicted octanol–water partition coefficient (Wildman–Crippen LogP) is 3.00. The van der Waals surface area contributed by atoms with Crippen molar-refractivity contribution in [3.05, 3.63) is 28.5 Å². The Morgan fingerprint density at radius 3 is 2.93 bits per heavy atom. The Bertz CT molecular complexity index is 598. The third-order valence-corrected chi connectivity index (χ3v) is 3.80. The summed E-state index contributed by atoms with van der Waals surface area (Å²) in [6, 6.07) is 2.08. The van der Waals surface area contributed by atoms with Gasteiger partial charge in [-0.15, -0.1) is 11.3 Å². The lowest BCUT2D eigenvalue weighted by molar-refractivity contribution is 1.24. The fourth-order valence-electron chi connectivity index (χ4n) is 1.53. The minimum Gasteiger partial charge on any atom is -0.383 e. The van der Waals surface area contributed by atoms with Gasteiger partial charge in [-0.1, -0.05) is 0 Å². The van der Waals surface area contributed by atoms with Gasteiger partial charge in [0, 0.05) is 10.9 Å². The third kappa shape index (κ3) is 1.32. The first-order valence-electron chi connectivity index (χ1n) is 4.36. The Labute approximate surface area is 94.2 Å². The molecule has 0 aliphatic heterocycles. The molecule has 74 valence electrons. The summed E-state index contributed by atoms with van der Waals surface area (Å²) in [5.74, 6) is 0.558. The summed E-state index contributed by atoms with van der Waals surface area (Å²) in [4.78, 5) is 9.18. The van der Waals surface area contributed by atoms with Crippen LogP contribution in [0.3, 0.4) is 0 Å². The molecule has 0 spiro atoms. The minimum atomic E-state index is 0.558. The molecule has 0 atom stereocenters. The number of hydrogen-bond acceptors (Lipinski definition) is 5. The number of fused-ring (bicyclic) bond motifs is 1. The fraction of sp³-hybridized carbons (Fsp3) is 0. The molecule has 0 saturated carbocycles. The first kappa shape index (κ1) is 8.82. The van der Waals surface area contributed by atoms with Crippen LogP contribution < -0.4 is 5.73 Å². The van der Waals surface area contributed by atoms with Crippen LogP contribution in [0.5, 0.6) is 0 Å². The van der Waals surface area contributed by atoms with Gasteiger partial charge in [0.15, 0.2) is 0 Å². The smallest absolute Gasteiger partial charge is 0.136 e. The molecule has 3 heterocycles. The van der Waals surface area contributed by atoms with E-state index in [4.69, 9.17) is 5.73 Å². The van der Waals surface area contributed by atoms with Crippen molar-refractivity contribution in [2.75, 3.05) is 5.73 Å². The molecule has 0 bridgehead atoms. The number of aromatic nitrogens is 2. The summed E-state index contributed by atoms with van der Waals surface area (Å²) < 4.78 is 0. The van der Waals surface area contributed by atoms with Gasteiger partial charge in [0.2, 0.25) is 0 Å². The number of hydrogen-bond donors (Lipinski definition) is 1. The SMILES string of the molecule is Nc1ncnc2scc(-c3ccsc3)c12. The first-order valence-corrected chi connectivity index (χ1v) is 6.19. The average Bonchev–Trinajstić information content (AvgIpc) is 2.85. The van der Waals surface area contributed by atoms with E-state index in [9.17, 15) is 0 Å². The molecular weight excluding hydrogens is 226 g/mol. The highest BCUT2D eigenvalue weighted by atomic mass is 32.1. The van der Waals surface area contributed by atoms with E-state index in [1.807, 2.05) is 0 Å². The lowest BCUT2D eigenvalue weighted by Gasteiger charge is -1.97. The predicted molar refractivity (Wildman–Crippen MR) is 65.1 cm³/mol. The number of nitrogens with two attached hydrogens (primary N) is 1. The van der Waals surface area contributed by atoms with E-state index in [2.05, 4.69) is 32.2 Å². The fourth-order valence-corrected chi connectivity index (χ4v) is 3.11. The highest BCUT2D eigenvalue weighted by Crippen LogP contribution is 2.35. The van der Waals surface area contributed by atoms with E-state index in [-0.39, 0.29) is 0 Å². The quantitative estimate of drug-likeness (QED) is 0.703. The average molecular weight is 233 g/mol. The van der Waals surface area contributed by atoms with Gasteiger partial charge in [-0.2, -0.15) is 11.3 Å². The van der Waals surface area contributed by atoms with Gasteiger partial charge in [-0.3, -0.25) is 0 Å². The molecule has 2 N–H and O–H groups in total. The lowest BCUT2D eigenvalue weighted by Crippen LogP contribution is -1.91. The molecule has 0 saturated heterocycles. The lowest BCUT2D eigenvalue weighted by atomic mass is 10.1. The summed E-state index contributed by atoms with van der Waals surface area (Å²) in [5.41, 5.74) is 8.19. The first-order chi connectivity index (χ1) is 7.36. The van der Waals surface area contributed by atoms with Crippen molar-refractivity contribution in [2.45, 2.75) is 0 Å². The van der Waals surface area contributed by atoms with Crippen LogP contribution in [0.25, 0.3) is 21.3 Å². The van der Waals surface area contributed by atoms with E-state index in [1.54, 1.807) is 22.7 Å². The van der Waals surface area contributed by atoms with Gasteiger partial charge in [-0.25, -0.2) is 9.97 Å². The Morgan fingerprint density at radius 1 is 1.20 bits per heavy atom. The van der Waals surface area contributed by atoms with Crippen LogP contribution in [0.4, 0.5) is 5.82 Å². The largest absolute Gasteiger partial charge is 0.383 e. The maximum atomic E-state index is 5.87. The van der Waals surface area contributed by atoms with Crippen molar-refractivity contribution in [1.29, 1.82) is 0 Å². The van der Waals surface area contributed by atoms with Crippen molar-refractivity contribution >= 4 is 38.7 Å². The molecule has 0 amide bonds. The molecule has 0 aliphatic carbocycles. The zero-order valence-corrected chi connectivity index (χ0v) is 9.31. The molecule has 0 radical (unpaired) electrons. The molecule has 3 aromatic rings. The molecule has 5 heteroatoms. The molecule has 0 aromatic carbocycles. The van der Waals surface area contributed by atoms with E-state index in [1.165, 1.54) is 11.9 Å². The molecule has 0 fully saturated rings. The van der Waals surface area contributed by atoms with Gasteiger partial charge >= 0.3 is 0 Å². The Morgan fingerprint density at radius 2 is 2.13 bits per heavy atom. The van der Waals surface area contributed by atoms with Crippen molar-refractivity contribution in [3.8, 4) is 11.1 Å². The third-order valence-electron chi connectivity index (χ3n) is 2.23. The zero-order valence-electron chi connectivity index (χ0n) is 7.68. The number of nitrogens with zero attached hydrogens (tertiary/aromatic N) is 2. The van der Waals surface area contributed by atoms with Crippen molar-refractivity contribution in [3.63, 3.8) is 0 Å². The maximum Gasteiger partial charge on any atom is 0.136 e. The number of rotatable bonds is 1. The molecule has 3 nitrogen and oxygen atoms in total. The molecule has 3 aromatic heterocycles. The number of nitrogen functional groups attached to an aromatic ring is 1. The molecule has 0 unspecified atom stereocenters. The molecule has 3 rings (SSSR count). The summed E-state index contributed by atoms with van der Waals surface area (Å²) in [5, 5.41) is 7.21. The van der Waals surface area contributed by atoms with Gasteiger partial charge in [-0.05, 0) is 22.4 Å². The van der Waals surface area contributed by atoms with Crippen molar-refractivity contribution in [2.24, 2.45) is 0 Å². The van der Waals surface area contributed by atoms with Crippen LogP contribution in [-0.2, 0) is 0 Å². The highest BCUT2D eigenvalue weighted by Gasteiger charge is 2.10.